The third-order valence-electron chi connectivity index (χ3n) is 1.75. The van der Waals surface area contributed by atoms with Gasteiger partial charge < -0.3 is 0 Å². The van der Waals surface area contributed by atoms with Gasteiger partial charge in [0.15, 0.2) is 0 Å². The van der Waals surface area contributed by atoms with Crippen LogP contribution in [-0.4, -0.2) is 5.78 Å². The molecule has 1 aliphatic rings. The van der Waals surface area contributed by atoms with Crippen molar-refractivity contribution < 1.29 is 4.79 Å². The second kappa shape index (κ2) is 3.12. The first-order chi connectivity index (χ1) is 5.86. The van der Waals surface area contributed by atoms with Crippen LogP contribution in [0.4, 0.5) is 0 Å². The Hall–Kier alpha value is -1.07. The highest BCUT2D eigenvalue weighted by Crippen LogP contribution is 2.27. The summed E-state index contributed by atoms with van der Waals surface area (Å²) in [4.78, 5) is 11.3. The smallest absolute Gasteiger partial charge is 0.236 e. The van der Waals surface area contributed by atoms with E-state index < -0.39 is 0 Å². The van der Waals surface area contributed by atoms with Crippen molar-refractivity contribution in [2.24, 2.45) is 5.92 Å². The highest BCUT2D eigenvalue weighted by Gasteiger charge is 2.18. The average Bonchev–Trinajstić information content (AvgIpc) is 2.74. The highest BCUT2D eigenvalue weighted by molar-refractivity contribution is 7.08. The van der Waals surface area contributed by atoms with E-state index in [1.54, 1.807) is 0 Å². The van der Waals surface area contributed by atoms with Crippen LogP contribution in [0.15, 0.2) is 16.8 Å². The number of hydrogen-bond donors (Lipinski definition) is 0. The minimum atomic E-state index is -0.0387. The molecule has 0 unspecified atom stereocenters. The van der Waals surface area contributed by atoms with Gasteiger partial charge in [-0.05, 0) is 30.2 Å². The summed E-state index contributed by atoms with van der Waals surface area (Å²) in [5.74, 6) is 6.08. The van der Waals surface area contributed by atoms with Gasteiger partial charge in [0.25, 0.3) is 0 Å². The van der Waals surface area contributed by atoms with Crippen molar-refractivity contribution in [1.29, 1.82) is 0 Å². The fourth-order valence-corrected chi connectivity index (χ4v) is 1.50. The maximum atomic E-state index is 11.3. The molecule has 0 N–H and O–H groups in total. The van der Waals surface area contributed by atoms with Gasteiger partial charge in [-0.1, -0.05) is 5.92 Å². The molecule has 2 heteroatoms. The molecule has 0 bridgehead atoms. The van der Waals surface area contributed by atoms with Crippen molar-refractivity contribution in [2.75, 3.05) is 0 Å². The van der Waals surface area contributed by atoms with Crippen LogP contribution >= 0.6 is 11.3 Å². The minimum absolute atomic E-state index is 0.0387. The Labute approximate surface area is 75.4 Å². The molecule has 1 fully saturated rings. The third-order valence-corrected chi connectivity index (χ3v) is 2.43. The summed E-state index contributed by atoms with van der Waals surface area (Å²) < 4.78 is 0. The van der Waals surface area contributed by atoms with Gasteiger partial charge in [0.1, 0.15) is 0 Å². The van der Waals surface area contributed by atoms with E-state index in [0.29, 0.717) is 5.92 Å². The average molecular weight is 176 g/mol. The molecule has 1 aliphatic carbocycles. The molecule has 0 spiro atoms. The number of thiophene rings is 1. The Balaban J connectivity index is 2.06. The molecule has 1 heterocycles. The van der Waals surface area contributed by atoms with Crippen molar-refractivity contribution in [3.63, 3.8) is 0 Å². The quantitative estimate of drug-likeness (QED) is 0.364. The molecule has 1 nitrogen and oxygen atoms in total. The Morgan fingerprint density at radius 2 is 2.42 bits per heavy atom. The molecule has 0 aromatic carbocycles. The van der Waals surface area contributed by atoms with E-state index in [-0.39, 0.29) is 5.78 Å². The van der Waals surface area contributed by atoms with E-state index in [2.05, 4.69) is 11.8 Å². The number of Topliss-reactive ketones (excluding diaryl/α,β-unsaturated/α-hetero) is 1. The standard InChI is InChI=1S/C10H8OS/c11-10(4-3-8-1-2-8)9-5-6-12-7-9/h5-8H,1-2H2. The first-order valence-corrected chi connectivity index (χ1v) is 4.88. The van der Waals surface area contributed by atoms with Gasteiger partial charge in [0.2, 0.25) is 5.78 Å². The van der Waals surface area contributed by atoms with Crippen molar-refractivity contribution >= 4 is 17.1 Å². The van der Waals surface area contributed by atoms with E-state index in [1.807, 2.05) is 16.8 Å². The number of carbonyl (C=O) groups is 1. The zero-order chi connectivity index (χ0) is 8.39. The Bertz CT molecular complexity index is 336. The van der Waals surface area contributed by atoms with E-state index in [0.717, 1.165) is 5.56 Å². The van der Waals surface area contributed by atoms with Crippen LogP contribution < -0.4 is 0 Å². The lowest BCUT2D eigenvalue weighted by molar-refractivity contribution is 0.105. The van der Waals surface area contributed by atoms with Gasteiger partial charge in [-0.2, -0.15) is 11.3 Å². The molecule has 12 heavy (non-hydrogen) atoms. The van der Waals surface area contributed by atoms with Gasteiger partial charge in [0.05, 0.1) is 0 Å². The fraction of sp³-hybridized carbons (Fsp3) is 0.300. The summed E-state index contributed by atoms with van der Waals surface area (Å²) in [6, 6.07) is 1.81. The maximum Gasteiger partial charge on any atom is 0.236 e. The lowest BCUT2D eigenvalue weighted by Crippen LogP contribution is -1.90. The summed E-state index contributed by atoms with van der Waals surface area (Å²) in [5, 5.41) is 3.73. The monoisotopic (exact) mass is 176 g/mol. The topological polar surface area (TPSA) is 17.1 Å². The minimum Gasteiger partial charge on any atom is -0.279 e. The molecular formula is C10H8OS. The summed E-state index contributed by atoms with van der Waals surface area (Å²) in [7, 11) is 0. The van der Waals surface area contributed by atoms with Crippen LogP contribution in [0.2, 0.25) is 0 Å². The first kappa shape index (κ1) is 7.57. The molecule has 0 atom stereocenters. The van der Waals surface area contributed by atoms with Crippen LogP contribution in [0.5, 0.6) is 0 Å². The summed E-state index contributed by atoms with van der Waals surface area (Å²) >= 11 is 1.53. The van der Waals surface area contributed by atoms with Crippen molar-refractivity contribution in [1.82, 2.24) is 0 Å². The van der Waals surface area contributed by atoms with Gasteiger partial charge in [-0.15, -0.1) is 0 Å². The van der Waals surface area contributed by atoms with E-state index >= 15 is 0 Å². The number of hydrogen-bond acceptors (Lipinski definition) is 2. The SMILES string of the molecule is O=C(C#CC1CC1)c1ccsc1. The van der Waals surface area contributed by atoms with Crippen LogP contribution in [0.1, 0.15) is 23.2 Å². The lowest BCUT2D eigenvalue weighted by atomic mass is 10.2. The van der Waals surface area contributed by atoms with Crippen LogP contribution in [-0.2, 0) is 0 Å². The molecule has 2 rings (SSSR count). The van der Waals surface area contributed by atoms with E-state index in [9.17, 15) is 4.79 Å². The predicted octanol–water partition coefficient (Wildman–Crippen LogP) is 2.34. The van der Waals surface area contributed by atoms with Crippen LogP contribution in [0.3, 0.4) is 0 Å². The Morgan fingerprint density at radius 1 is 1.58 bits per heavy atom. The molecule has 1 aromatic heterocycles. The summed E-state index contributed by atoms with van der Waals surface area (Å²) in [6.45, 7) is 0. The number of rotatable bonds is 1. The zero-order valence-electron chi connectivity index (χ0n) is 6.54. The zero-order valence-corrected chi connectivity index (χ0v) is 7.36. The van der Waals surface area contributed by atoms with Crippen LogP contribution in [0, 0.1) is 17.8 Å². The molecule has 0 radical (unpaired) electrons. The van der Waals surface area contributed by atoms with Gasteiger partial charge in [-0.25, -0.2) is 0 Å². The molecule has 1 saturated carbocycles. The molecule has 0 saturated heterocycles. The first-order valence-electron chi connectivity index (χ1n) is 3.94. The van der Waals surface area contributed by atoms with Crippen molar-refractivity contribution in [3.05, 3.63) is 22.4 Å². The largest absolute Gasteiger partial charge is 0.279 e. The molecule has 0 amide bonds. The number of ketones is 1. The van der Waals surface area contributed by atoms with Gasteiger partial charge >= 0.3 is 0 Å². The van der Waals surface area contributed by atoms with Gasteiger partial charge in [0, 0.05) is 16.9 Å². The predicted molar refractivity (Wildman–Crippen MR) is 49.1 cm³/mol. The Kier molecular flexibility index (Phi) is 1.97. The summed E-state index contributed by atoms with van der Waals surface area (Å²) in [5.41, 5.74) is 0.730. The second-order valence-electron chi connectivity index (χ2n) is 2.88. The molecule has 60 valence electrons. The van der Waals surface area contributed by atoms with E-state index in [4.69, 9.17) is 0 Å². The Morgan fingerprint density at radius 3 is 3.00 bits per heavy atom. The molecule has 0 aliphatic heterocycles. The van der Waals surface area contributed by atoms with Crippen molar-refractivity contribution in [3.8, 4) is 11.8 Å². The second-order valence-corrected chi connectivity index (χ2v) is 3.66. The number of carbonyl (C=O) groups excluding carboxylic acids is 1. The normalized spacial score (nSPS) is 15.0. The highest BCUT2D eigenvalue weighted by atomic mass is 32.1. The summed E-state index contributed by atoms with van der Waals surface area (Å²) in [6.07, 6.45) is 2.34. The molecular weight excluding hydrogens is 168 g/mol. The van der Waals surface area contributed by atoms with E-state index in [1.165, 1.54) is 24.2 Å². The molecule has 1 aromatic rings. The van der Waals surface area contributed by atoms with Gasteiger partial charge in [-0.3, -0.25) is 4.79 Å². The fourth-order valence-electron chi connectivity index (χ4n) is 0.861. The van der Waals surface area contributed by atoms with Crippen molar-refractivity contribution in [2.45, 2.75) is 12.8 Å². The maximum absolute atomic E-state index is 11.3. The van der Waals surface area contributed by atoms with Crippen LogP contribution in [0.25, 0.3) is 0 Å². The third kappa shape index (κ3) is 1.75. The lowest BCUT2D eigenvalue weighted by Gasteiger charge is -1.82.